The lowest BCUT2D eigenvalue weighted by Crippen LogP contribution is -2.23. The molecule has 1 heterocycles. The highest BCUT2D eigenvalue weighted by Gasteiger charge is 2.18. The summed E-state index contributed by atoms with van der Waals surface area (Å²) in [6.45, 7) is 1.61. The molecule has 1 aromatic heterocycles. The van der Waals surface area contributed by atoms with Crippen LogP contribution in [0.3, 0.4) is 0 Å². The van der Waals surface area contributed by atoms with E-state index < -0.39 is 28.9 Å². The standard InChI is InChI=1S/C23H16F3N3O2S/c1-13-6-8-15(11-17(13)25)27-21(30)12-32-23-28-19-5-3-2-4-16(19)22(31)29(23)20-9-7-14(24)10-18(20)26/h2-11H,12H2,1H3,(H,27,30). The number of hydrogen-bond donors (Lipinski definition) is 1. The molecule has 0 saturated carbocycles. The molecule has 9 heteroatoms. The van der Waals surface area contributed by atoms with E-state index >= 15 is 0 Å². The number of nitrogens with one attached hydrogen (secondary N) is 1. The summed E-state index contributed by atoms with van der Waals surface area (Å²) in [5.74, 6) is -2.82. The molecular formula is C23H16F3N3O2S. The molecule has 0 aliphatic carbocycles. The molecule has 0 bridgehead atoms. The van der Waals surface area contributed by atoms with Crippen molar-refractivity contribution in [1.29, 1.82) is 0 Å². The zero-order valence-corrected chi connectivity index (χ0v) is 17.6. The van der Waals surface area contributed by atoms with Crippen molar-refractivity contribution in [3.05, 3.63) is 94.0 Å². The van der Waals surface area contributed by atoms with Crippen LogP contribution in [0.25, 0.3) is 16.6 Å². The fraction of sp³-hybridized carbons (Fsp3) is 0.0870. The van der Waals surface area contributed by atoms with Gasteiger partial charge < -0.3 is 5.32 Å². The largest absolute Gasteiger partial charge is 0.325 e. The van der Waals surface area contributed by atoms with Crippen LogP contribution in [0.4, 0.5) is 18.9 Å². The quantitative estimate of drug-likeness (QED) is 0.346. The molecule has 0 aliphatic rings. The summed E-state index contributed by atoms with van der Waals surface area (Å²) in [4.78, 5) is 29.9. The van der Waals surface area contributed by atoms with Crippen molar-refractivity contribution >= 4 is 34.3 Å². The first kappa shape index (κ1) is 21.6. The molecule has 32 heavy (non-hydrogen) atoms. The summed E-state index contributed by atoms with van der Waals surface area (Å²) >= 11 is 0.904. The Hall–Kier alpha value is -3.59. The van der Waals surface area contributed by atoms with E-state index in [-0.39, 0.29) is 27.7 Å². The maximum atomic E-state index is 14.5. The lowest BCUT2D eigenvalue weighted by Gasteiger charge is -2.14. The number of carbonyl (C=O) groups is 1. The van der Waals surface area contributed by atoms with E-state index in [0.29, 0.717) is 17.1 Å². The van der Waals surface area contributed by atoms with Gasteiger partial charge in [-0.15, -0.1) is 0 Å². The molecule has 5 nitrogen and oxygen atoms in total. The Bertz CT molecular complexity index is 1410. The Kier molecular flexibility index (Phi) is 6.00. The van der Waals surface area contributed by atoms with Crippen LogP contribution >= 0.6 is 11.8 Å². The molecule has 0 radical (unpaired) electrons. The fourth-order valence-corrected chi connectivity index (χ4v) is 3.89. The monoisotopic (exact) mass is 455 g/mol. The van der Waals surface area contributed by atoms with Gasteiger partial charge in [-0.25, -0.2) is 18.2 Å². The third-order valence-corrected chi connectivity index (χ3v) is 5.62. The van der Waals surface area contributed by atoms with Gasteiger partial charge in [-0.3, -0.25) is 14.2 Å². The molecule has 0 saturated heterocycles. The summed E-state index contributed by atoms with van der Waals surface area (Å²) < 4.78 is 42.6. The Morgan fingerprint density at radius 2 is 1.81 bits per heavy atom. The predicted octanol–water partition coefficient (Wildman–Crippen LogP) is 4.84. The molecule has 3 aromatic carbocycles. The molecule has 1 N–H and O–H groups in total. The van der Waals surface area contributed by atoms with Gasteiger partial charge in [0.25, 0.3) is 5.56 Å². The van der Waals surface area contributed by atoms with Crippen LogP contribution in [0.1, 0.15) is 5.56 Å². The number of para-hydroxylation sites is 1. The first-order valence-electron chi connectivity index (χ1n) is 9.49. The molecule has 0 fully saturated rings. The second kappa shape index (κ2) is 8.88. The molecular weight excluding hydrogens is 439 g/mol. The Balaban J connectivity index is 1.68. The summed E-state index contributed by atoms with van der Waals surface area (Å²) in [7, 11) is 0. The van der Waals surface area contributed by atoms with Crippen LogP contribution < -0.4 is 10.9 Å². The lowest BCUT2D eigenvalue weighted by atomic mass is 10.2. The van der Waals surface area contributed by atoms with Crippen molar-refractivity contribution in [3.8, 4) is 5.69 Å². The number of benzene rings is 3. The van der Waals surface area contributed by atoms with Gasteiger partial charge in [0, 0.05) is 11.8 Å². The summed E-state index contributed by atoms with van der Waals surface area (Å²) in [5, 5.41) is 2.88. The average molecular weight is 455 g/mol. The zero-order valence-electron chi connectivity index (χ0n) is 16.7. The topological polar surface area (TPSA) is 64.0 Å². The van der Waals surface area contributed by atoms with E-state index in [4.69, 9.17) is 0 Å². The number of hydrogen-bond acceptors (Lipinski definition) is 4. The molecule has 162 valence electrons. The van der Waals surface area contributed by atoms with Gasteiger partial charge in [0.1, 0.15) is 17.5 Å². The van der Waals surface area contributed by atoms with Crippen molar-refractivity contribution in [2.24, 2.45) is 0 Å². The molecule has 4 aromatic rings. The van der Waals surface area contributed by atoms with E-state index in [1.54, 1.807) is 37.3 Å². The van der Waals surface area contributed by atoms with Crippen molar-refractivity contribution in [2.75, 3.05) is 11.1 Å². The van der Waals surface area contributed by atoms with Crippen LogP contribution in [0.15, 0.2) is 70.6 Å². The van der Waals surface area contributed by atoms with Gasteiger partial charge in [-0.2, -0.15) is 0 Å². The maximum absolute atomic E-state index is 14.5. The fourth-order valence-electron chi connectivity index (χ4n) is 3.08. The number of rotatable bonds is 5. The smallest absolute Gasteiger partial charge is 0.266 e. The number of fused-ring (bicyclic) bond motifs is 1. The average Bonchev–Trinajstić information content (AvgIpc) is 2.76. The molecule has 0 unspecified atom stereocenters. The van der Waals surface area contributed by atoms with Gasteiger partial charge in [-0.1, -0.05) is 30.0 Å². The summed E-state index contributed by atoms with van der Waals surface area (Å²) in [5.41, 5.74) is 0.373. The van der Waals surface area contributed by atoms with Crippen LogP contribution in [0, 0.1) is 24.4 Å². The molecule has 0 aliphatic heterocycles. The minimum absolute atomic E-state index is 0.0597. The van der Waals surface area contributed by atoms with E-state index in [0.717, 1.165) is 28.5 Å². The highest BCUT2D eigenvalue weighted by atomic mass is 32.2. The summed E-state index contributed by atoms with van der Waals surface area (Å²) in [6, 6.07) is 13.7. The number of nitrogens with zero attached hydrogens (tertiary/aromatic N) is 2. The number of thioether (sulfide) groups is 1. The highest BCUT2D eigenvalue weighted by Crippen LogP contribution is 2.24. The van der Waals surface area contributed by atoms with Gasteiger partial charge in [0.2, 0.25) is 5.91 Å². The first-order chi connectivity index (χ1) is 15.3. The van der Waals surface area contributed by atoms with Crippen LogP contribution in [-0.4, -0.2) is 21.2 Å². The van der Waals surface area contributed by atoms with Gasteiger partial charge in [-0.05, 0) is 48.9 Å². The molecule has 0 atom stereocenters. The number of aryl methyl sites for hydroxylation is 1. The molecule has 1 amide bonds. The maximum Gasteiger partial charge on any atom is 0.266 e. The van der Waals surface area contributed by atoms with Crippen molar-refractivity contribution in [1.82, 2.24) is 9.55 Å². The number of amides is 1. The summed E-state index contributed by atoms with van der Waals surface area (Å²) in [6.07, 6.45) is 0. The van der Waals surface area contributed by atoms with Gasteiger partial charge in [0.15, 0.2) is 5.16 Å². The third kappa shape index (κ3) is 4.38. The number of aromatic nitrogens is 2. The van der Waals surface area contributed by atoms with Crippen molar-refractivity contribution in [3.63, 3.8) is 0 Å². The van der Waals surface area contributed by atoms with Crippen LogP contribution in [0.2, 0.25) is 0 Å². The Morgan fingerprint density at radius 3 is 2.56 bits per heavy atom. The van der Waals surface area contributed by atoms with Crippen molar-refractivity contribution < 1.29 is 18.0 Å². The predicted molar refractivity (Wildman–Crippen MR) is 118 cm³/mol. The molecule has 0 spiro atoms. The number of anilines is 1. The third-order valence-electron chi connectivity index (χ3n) is 4.68. The Labute approximate surface area is 184 Å². The first-order valence-corrected chi connectivity index (χ1v) is 10.5. The van der Waals surface area contributed by atoms with Crippen molar-refractivity contribution in [2.45, 2.75) is 12.1 Å². The minimum atomic E-state index is -0.939. The second-order valence-electron chi connectivity index (χ2n) is 6.95. The normalized spacial score (nSPS) is 11.0. The molecule has 4 rings (SSSR count). The Morgan fingerprint density at radius 1 is 1.03 bits per heavy atom. The zero-order chi connectivity index (χ0) is 22.8. The highest BCUT2D eigenvalue weighted by molar-refractivity contribution is 7.99. The SMILES string of the molecule is Cc1ccc(NC(=O)CSc2nc3ccccc3c(=O)n2-c2ccc(F)cc2F)cc1F. The van der Waals surface area contributed by atoms with E-state index in [9.17, 15) is 22.8 Å². The van der Waals surface area contributed by atoms with E-state index in [1.807, 2.05) is 0 Å². The second-order valence-corrected chi connectivity index (χ2v) is 7.89. The van der Waals surface area contributed by atoms with E-state index in [1.165, 1.54) is 12.1 Å². The minimum Gasteiger partial charge on any atom is -0.325 e. The van der Waals surface area contributed by atoms with Crippen LogP contribution in [-0.2, 0) is 4.79 Å². The van der Waals surface area contributed by atoms with Gasteiger partial charge >= 0.3 is 0 Å². The van der Waals surface area contributed by atoms with E-state index in [2.05, 4.69) is 10.3 Å². The lowest BCUT2D eigenvalue weighted by molar-refractivity contribution is -0.113. The number of halogens is 3. The number of carbonyl (C=O) groups excluding carboxylic acids is 1. The van der Waals surface area contributed by atoms with Crippen LogP contribution in [0.5, 0.6) is 0 Å². The van der Waals surface area contributed by atoms with Gasteiger partial charge in [0.05, 0.1) is 22.3 Å².